The first-order chi connectivity index (χ1) is 16.2. The van der Waals surface area contributed by atoms with Crippen LogP contribution < -0.4 is 0 Å². The van der Waals surface area contributed by atoms with Crippen molar-refractivity contribution in [2.24, 2.45) is 0 Å². The summed E-state index contributed by atoms with van der Waals surface area (Å²) < 4.78 is 49.1. The Morgan fingerprint density at radius 2 is 1.81 bits per heavy atom. The molecule has 2 radical (unpaired) electrons. The summed E-state index contributed by atoms with van der Waals surface area (Å²) >= 11 is 0.935. The van der Waals surface area contributed by atoms with E-state index in [1.165, 1.54) is 12.3 Å². The molecule has 36 heavy (non-hydrogen) atoms. The van der Waals surface area contributed by atoms with Gasteiger partial charge in [-0.3, -0.25) is 4.79 Å². The number of ether oxygens (including phenoxy) is 1. The predicted octanol–water partition coefficient (Wildman–Crippen LogP) is 5.15. The number of hydrogen-bond donors (Lipinski definition) is 1. The van der Waals surface area contributed by atoms with Crippen molar-refractivity contribution in [3.05, 3.63) is 80.4 Å². The summed E-state index contributed by atoms with van der Waals surface area (Å²) in [7, 11) is 0. The largest absolute Gasteiger partial charge is 0.478 e. The number of halogens is 3. The Hall–Kier alpha value is -1.30. The van der Waals surface area contributed by atoms with Gasteiger partial charge in [-0.1, -0.05) is 12.1 Å². The number of carboxylic acid groups (broad SMARTS) is 1. The monoisotopic (exact) mass is 535 g/mol. The van der Waals surface area contributed by atoms with Crippen molar-refractivity contribution in [3.8, 4) is 11.3 Å². The predicted molar refractivity (Wildman–Crippen MR) is 135 cm³/mol. The summed E-state index contributed by atoms with van der Waals surface area (Å²) in [6, 6.07) is 6.58. The molecule has 0 amide bonds. The van der Waals surface area contributed by atoms with E-state index in [0.29, 0.717) is 31.6 Å². The number of carbonyl (C=O) groups is 2. The Morgan fingerprint density at radius 1 is 1.14 bits per heavy atom. The van der Waals surface area contributed by atoms with Crippen LogP contribution in [0.25, 0.3) is 17.3 Å². The van der Waals surface area contributed by atoms with Crippen LogP contribution in [0.4, 0.5) is 13.2 Å². The number of ketones is 1. The van der Waals surface area contributed by atoms with E-state index >= 15 is 4.39 Å². The van der Waals surface area contributed by atoms with Crippen LogP contribution in [0.5, 0.6) is 0 Å². The van der Waals surface area contributed by atoms with Crippen LogP contribution in [-0.2, 0) is 16.0 Å². The number of benzene rings is 2. The number of carbonyl (C=O) groups excluding carboxylic acids is 1. The number of nitrogens with zero attached hydrogens (tertiary/aromatic N) is 1. The first-order valence-corrected chi connectivity index (χ1v) is 11.4. The Balaban J connectivity index is 0.00000324. The van der Waals surface area contributed by atoms with Gasteiger partial charge in [0.1, 0.15) is 17.5 Å². The minimum atomic E-state index is -1.32. The normalized spacial score (nSPS) is 11.0. The number of carboxylic acids is 1. The van der Waals surface area contributed by atoms with Gasteiger partial charge in [-0.05, 0) is 56.5 Å². The first-order valence-electron chi connectivity index (χ1n) is 10.5. The van der Waals surface area contributed by atoms with Gasteiger partial charge in [0.05, 0.1) is 5.69 Å². The van der Waals surface area contributed by atoms with E-state index in [1.807, 2.05) is 6.92 Å². The Labute approximate surface area is 255 Å². The van der Waals surface area contributed by atoms with Crippen LogP contribution in [0.15, 0.2) is 41.3 Å². The SMILES string of the molecule is CCOCCCc1cccc(-c2csc(C(=O)c3cc(F)c(C=C(C)C(=O)O)c(F)c3)n2)c1F.[Na].[Na]. The maximum Gasteiger partial charge on any atom is 0.331 e. The third kappa shape index (κ3) is 8.10. The van der Waals surface area contributed by atoms with E-state index in [2.05, 4.69) is 4.98 Å². The van der Waals surface area contributed by atoms with Crippen LogP contribution in [-0.4, -0.2) is 94.2 Å². The van der Waals surface area contributed by atoms with Crippen LogP contribution in [0.3, 0.4) is 0 Å². The van der Waals surface area contributed by atoms with Gasteiger partial charge < -0.3 is 9.84 Å². The summed E-state index contributed by atoms with van der Waals surface area (Å²) in [6.45, 7) is 4.20. The molecule has 1 heterocycles. The second kappa shape index (κ2) is 15.2. The number of hydrogen-bond acceptors (Lipinski definition) is 5. The molecule has 3 aromatic rings. The zero-order valence-corrected chi connectivity index (χ0v) is 25.3. The molecule has 0 aliphatic rings. The molecule has 11 heteroatoms. The number of thiazole rings is 1. The molecular weight excluding hydrogens is 513 g/mol. The quantitative estimate of drug-likeness (QED) is 0.168. The first kappa shape index (κ1) is 32.7. The number of rotatable bonds is 10. The van der Waals surface area contributed by atoms with Crippen molar-refractivity contribution in [1.82, 2.24) is 4.98 Å². The minimum absolute atomic E-state index is 0. The topological polar surface area (TPSA) is 76.5 Å². The fraction of sp³-hybridized carbons (Fsp3) is 0.240. The molecule has 1 N–H and O–H groups in total. The van der Waals surface area contributed by atoms with Crippen molar-refractivity contribution in [1.29, 1.82) is 0 Å². The van der Waals surface area contributed by atoms with Crippen molar-refractivity contribution >= 4 is 88.3 Å². The van der Waals surface area contributed by atoms with Crippen molar-refractivity contribution in [3.63, 3.8) is 0 Å². The van der Waals surface area contributed by atoms with E-state index in [9.17, 15) is 18.4 Å². The van der Waals surface area contributed by atoms with Gasteiger partial charge >= 0.3 is 5.97 Å². The average Bonchev–Trinajstić information content (AvgIpc) is 3.29. The molecule has 5 nitrogen and oxygen atoms in total. The smallest absolute Gasteiger partial charge is 0.331 e. The Kier molecular flexibility index (Phi) is 13.8. The van der Waals surface area contributed by atoms with E-state index in [-0.39, 0.29) is 86.5 Å². The fourth-order valence-electron chi connectivity index (χ4n) is 3.24. The minimum Gasteiger partial charge on any atom is -0.478 e. The summed E-state index contributed by atoms with van der Waals surface area (Å²) in [5.41, 5.74) is -0.127. The van der Waals surface area contributed by atoms with Crippen molar-refractivity contribution < 1.29 is 32.6 Å². The molecular formula is C25H22F3NNa2O4S. The van der Waals surface area contributed by atoms with Gasteiger partial charge in [0.2, 0.25) is 5.78 Å². The van der Waals surface area contributed by atoms with Crippen molar-refractivity contribution in [2.75, 3.05) is 13.2 Å². The molecule has 0 aliphatic carbocycles. The zero-order chi connectivity index (χ0) is 24.8. The second-order valence-corrected chi connectivity index (χ2v) is 8.29. The third-order valence-corrected chi connectivity index (χ3v) is 5.87. The van der Waals surface area contributed by atoms with Crippen molar-refractivity contribution in [2.45, 2.75) is 26.7 Å². The van der Waals surface area contributed by atoms with Crippen LogP contribution >= 0.6 is 11.3 Å². The van der Waals surface area contributed by atoms with Gasteiger partial charge in [-0.25, -0.2) is 22.9 Å². The molecule has 0 atom stereocenters. The van der Waals surface area contributed by atoms with Crippen LogP contribution in [0.2, 0.25) is 0 Å². The fourth-order valence-corrected chi connectivity index (χ4v) is 4.02. The standard InChI is InChI=1S/C25H22F3NO4S.2Na/c1-3-33-9-5-7-15-6-4-8-17(22(15)28)21-13-34-24(29-21)23(30)16-11-19(26)18(20(27)12-16)10-14(2)25(31)32;;/h4,6,8,10-13H,3,5,7,9H2,1-2H3,(H,31,32);;. The van der Waals surface area contributed by atoms with E-state index in [0.717, 1.165) is 29.5 Å². The van der Waals surface area contributed by atoms with Gasteiger partial charge in [0.25, 0.3) is 0 Å². The molecule has 1 aromatic heterocycles. The third-order valence-electron chi connectivity index (χ3n) is 5.03. The number of aliphatic carboxylic acids is 1. The second-order valence-electron chi connectivity index (χ2n) is 7.43. The number of aromatic nitrogens is 1. The summed E-state index contributed by atoms with van der Waals surface area (Å²) in [6.07, 6.45) is 1.99. The summed E-state index contributed by atoms with van der Waals surface area (Å²) in [5, 5.41) is 10.4. The Morgan fingerprint density at radius 3 is 2.42 bits per heavy atom. The van der Waals surface area contributed by atoms with E-state index in [1.54, 1.807) is 18.2 Å². The van der Waals surface area contributed by atoms with E-state index in [4.69, 9.17) is 9.84 Å². The molecule has 0 fully saturated rings. The molecule has 2 aromatic carbocycles. The van der Waals surface area contributed by atoms with Gasteiger partial charge in [0.15, 0.2) is 5.01 Å². The zero-order valence-electron chi connectivity index (χ0n) is 20.5. The molecule has 180 valence electrons. The summed E-state index contributed by atoms with van der Waals surface area (Å²) in [4.78, 5) is 27.9. The molecule has 0 aliphatic heterocycles. The number of aryl methyl sites for hydroxylation is 1. The van der Waals surface area contributed by atoms with E-state index < -0.39 is 34.8 Å². The van der Waals surface area contributed by atoms with Crippen LogP contribution in [0, 0.1) is 17.5 Å². The Bertz CT molecular complexity index is 1240. The molecule has 0 saturated heterocycles. The van der Waals surface area contributed by atoms with Gasteiger partial charge in [-0.15, -0.1) is 11.3 Å². The molecule has 0 bridgehead atoms. The molecule has 0 spiro atoms. The molecule has 0 unspecified atom stereocenters. The maximum absolute atomic E-state index is 15.0. The van der Waals surface area contributed by atoms with Crippen LogP contribution in [0.1, 0.15) is 46.8 Å². The van der Waals surface area contributed by atoms with Gasteiger partial charge in [-0.2, -0.15) is 0 Å². The maximum atomic E-state index is 15.0. The molecule has 0 saturated carbocycles. The van der Waals surface area contributed by atoms with Gasteiger partial charge in [0, 0.05) is 100.0 Å². The summed E-state index contributed by atoms with van der Waals surface area (Å²) in [5.74, 6) is -4.64. The average molecular weight is 535 g/mol. The molecule has 3 rings (SSSR count).